The molecular weight excluding hydrogens is 330 g/mol. The van der Waals surface area contributed by atoms with Gasteiger partial charge in [-0.3, -0.25) is 4.79 Å². The molecule has 2 aliphatic heterocycles. The molecule has 0 radical (unpaired) electrons. The van der Waals surface area contributed by atoms with Gasteiger partial charge >= 0.3 is 5.97 Å². The summed E-state index contributed by atoms with van der Waals surface area (Å²) < 4.78 is 5.34. The number of hydrogen-bond donors (Lipinski definition) is 1. The SMILES string of the molecule is N#Cc1cccc(COC(=O)c2ccc3c(c2)NC(=O)[C@H]2CCCN32)c1. The Kier molecular flexibility index (Phi) is 4.05. The molecule has 4 rings (SSSR count). The molecule has 0 unspecified atom stereocenters. The largest absolute Gasteiger partial charge is 0.457 e. The molecule has 2 heterocycles. The molecule has 2 aromatic carbocycles. The first-order valence-corrected chi connectivity index (χ1v) is 8.53. The highest BCUT2D eigenvalue weighted by Crippen LogP contribution is 2.37. The summed E-state index contributed by atoms with van der Waals surface area (Å²) in [6.45, 7) is 0.941. The summed E-state index contributed by atoms with van der Waals surface area (Å²) in [5.41, 5.74) is 3.26. The molecule has 0 aliphatic carbocycles. The molecule has 1 saturated heterocycles. The third kappa shape index (κ3) is 2.88. The zero-order chi connectivity index (χ0) is 18.1. The number of nitriles is 1. The van der Waals surface area contributed by atoms with Crippen LogP contribution in [0.3, 0.4) is 0 Å². The second-order valence-electron chi connectivity index (χ2n) is 6.46. The standard InChI is InChI=1S/C20H17N3O3/c21-11-13-3-1-4-14(9-13)12-26-20(25)15-6-7-17-16(10-15)22-19(24)18-5-2-8-23(17)18/h1,3-4,6-7,9-10,18H,2,5,8,12H2,(H,22,24)/t18-/m1/s1. The number of rotatable bonds is 3. The minimum atomic E-state index is -0.465. The summed E-state index contributed by atoms with van der Waals surface area (Å²) in [5, 5.41) is 11.8. The molecule has 1 N–H and O–H groups in total. The van der Waals surface area contributed by atoms with Crippen LogP contribution in [0.15, 0.2) is 42.5 Å². The van der Waals surface area contributed by atoms with Crippen molar-refractivity contribution >= 4 is 23.3 Å². The monoisotopic (exact) mass is 347 g/mol. The van der Waals surface area contributed by atoms with Gasteiger partial charge in [-0.2, -0.15) is 5.26 Å². The van der Waals surface area contributed by atoms with E-state index in [4.69, 9.17) is 10.00 Å². The first-order valence-electron chi connectivity index (χ1n) is 8.53. The average molecular weight is 347 g/mol. The molecule has 130 valence electrons. The van der Waals surface area contributed by atoms with Gasteiger partial charge in [0.15, 0.2) is 0 Å². The Balaban J connectivity index is 1.50. The average Bonchev–Trinajstić information content (AvgIpc) is 3.16. The fourth-order valence-electron chi connectivity index (χ4n) is 3.52. The molecule has 2 aromatic rings. The zero-order valence-corrected chi connectivity index (χ0v) is 14.1. The number of nitrogens with zero attached hydrogens (tertiary/aromatic N) is 2. The van der Waals surface area contributed by atoms with Crippen molar-refractivity contribution in [3.8, 4) is 6.07 Å². The Labute approximate surface area is 151 Å². The maximum Gasteiger partial charge on any atom is 0.338 e. The Hall–Kier alpha value is -3.33. The van der Waals surface area contributed by atoms with Gasteiger partial charge in [-0.15, -0.1) is 0 Å². The highest BCUT2D eigenvalue weighted by atomic mass is 16.5. The molecule has 6 heteroatoms. The molecule has 26 heavy (non-hydrogen) atoms. The van der Waals surface area contributed by atoms with Gasteiger partial charge < -0.3 is 15.0 Å². The summed E-state index contributed by atoms with van der Waals surface area (Å²) in [6.07, 6.45) is 1.85. The number of ether oxygens (including phenoxy) is 1. The van der Waals surface area contributed by atoms with Gasteiger partial charge in [0, 0.05) is 6.54 Å². The predicted molar refractivity (Wildman–Crippen MR) is 95.7 cm³/mol. The third-order valence-electron chi connectivity index (χ3n) is 4.78. The van der Waals surface area contributed by atoms with E-state index < -0.39 is 5.97 Å². The van der Waals surface area contributed by atoms with Crippen LogP contribution in [0.2, 0.25) is 0 Å². The Morgan fingerprint density at radius 3 is 3.04 bits per heavy atom. The van der Waals surface area contributed by atoms with Crippen LogP contribution < -0.4 is 10.2 Å². The second kappa shape index (κ2) is 6.52. The van der Waals surface area contributed by atoms with Gasteiger partial charge in [0.1, 0.15) is 12.6 Å². The fraction of sp³-hybridized carbons (Fsp3) is 0.250. The van der Waals surface area contributed by atoms with E-state index >= 15 is 0 Å². The molecule has 1 atom stereocenters. The fourth-order valence-corrected chi connectivity index (χ4v) is 3.52. The van der Waals surface area contributed by atoms with E-state index in [1.807, 2.05) is 6.07 Å². The lowest BCUT2D eigenvalue weighted by atomic mass is 10.1. The maximum atomic E-state index is 12.4. The lowest BCUT2D eigenvalue weighted by molar-refractivity contribution is -0.117. The van der Waals surface area contributed by atoms with Gasteiger partial charge in [0.25, 0.3) is 0 Å². The number of hydrogen-bond acceptors (Lipinski definition) is 5. The summed E-state index contributed by atoms with van der Waals surface area (Å²) in [4.78, 5) is 26.6. The van der Waals surface area contributed by atoms with Crippen LogP contribution in [-0.2, 0) is 16.1 Å². The first kappa shape index (κ1) is 16.2. The van der Waals surface area contributed by atoms with Crippen molar-refractivity contribution in [2.75, 3.05) is 16.8 Å². The molecule has 0 saturated carbocycles. The summed E-state index contributed by atoms with van der Waals surface area (Å²) in [5.74, 6) is -0.484. The van der Waals surface area contributed by atoms with Gasteiger partial charge in [0.2, 0.25) is 5.91 Å². The number of benzene rings is 2. The third-order valence-corrected chi connectivity index (χ3v) is 4.78. The van der Waals surface area contributed by atoms with Crippen LogP contribution in [0, 0.1) is 11.3 Å². The first-order chi connectivity index (χ1) is 12.7. The highest BCUT2D eigenvalue weighted by molar-refractivity contribution is 6.05. The molecule has 2 aliphatic rings. The number of fused-ring (bicyclic) bond motifs is 3. The van der Waals surface area contributed by atoms with Crippen molar-refractivity contribution in [3.05, 3.63) is 59.2 Å². The van der Waals surface area contributed by atoms with Crippen molar-refractivity contribution in [2.45, 2.75) is 25.5 Å². The maximum absolute atomic E-state index is 12.4. The highest BCUT2D eigenvalue weighted by Gasteiger charge is 2.36. The predicted octanol–water partition coefficient (Wildman–Crippen LogP) is 2.84. The Morgan fingerprint density at radius 2 is 2.19 bits per heavy atom. The molecular formula is C20H17N3O3. The molecule has 0 aromatic heterocycles. The van der Waals surface area contributed by atoms with E-state index in [1.54, 1.807) is 36.4 Å². The van der Waals surface area contributed by atoms with E-state index in [0.717, 1.165) is 30.6 Å². The molecule has 1 fully saturated rings. The molecule has 1 amide bonds. The number of esters is 1. The van der Waals surface area contributed by atoms with Crippen LogP contribution in [-0.4, -0.2) is 24.5 Å². The van der Waals surface area contributed by atoms with Crippen LogP contribution in [0.1, 0.15) is 34.3 Å². The topological polar surface area (TPSA) is 82.4 Å². The lowest BCUT2D eigenvalue weighted by Gasteiger charge is -2.33. The minimum absolute atomic E-state index is 0.0196. The van der Waals surface area contributed by atoms with Crippen molar-refractivity contribution in [1.29, 1.82) is 5.26 Å². The van der Waals surface area contributed by atoms with E-state index in [0.29, 0.717) is 16.8 Å². The van der Waals surface area contributed by atoms with Gasteiger partial charge in [-0.1, -0.05) is 12.1 Å². The Bertz CT molecular complexity index is 932. The van der Waals surface area contributed by atoms with E-state index in [2.05, 4.69) is 16.3 Å². The quantitative estimate of drug-likeness (QED) is 0.864. The number of amides is 1. The van der Waals surface area contributed by atoms with Gasteiger partial charge in [-0.05, 0) is 48.7 Å². The van der Waals surface area contributed by atoms with Gasteiger partial charge in [0.05, 0.1) is 28.6 Å². The van der Waals surface area contributed by atoms with Crippen LogP contribution >= 0.6 is 0 Å². The van der Waals surface area contributed by atoms with Crippen LogP contribution in [0.25, 0.3) is 0 Å². The van der Waals surface area contributed by atoms with E-state index in [-0.39, 0.29) is 18.6 Å². The summed E-state index contributed by atoms with van der Waals surface area (Å²) >= 11 is 0. The number of carbonyl (C=O) groups excluding carboxylic acids is 2. The summed E-state index contributed by atoms with van der Waals surface area (Å²) in [7, 11) is 0. The van der Waals surface area contributed by atoms with E-state index in [1.165, 1.54) is 0 Å². The van der Waals surface area contributed by atoms with Crippen molar-refractivity contribution in [2.24, 2.45) is 0 Å². The number of carbonyl (C=O) groups is 2. The minimum Gasteiger partial charge on any atom is -0.457 e. The van der Waals surface area contributed by atoms with Crippen LogP contribution in [0.5, 0.6) is 0 Å². The van der Waals surface area contributed by atoms with E-state index in [9.17, 15) is 9.59 Å². The van der Waals surface area contributed by atoms with Crippen molar-refractivity contribution in [1.82, 2.24) is 0 Å². The lowest BCUT2D eigenvalue weighted by Crippen LogP contribution is -2.43. The number of nitrogens with one attached hydrogen (secondary N) is 1. The normalized spacial score (nSPS) is 17.7. The van der Waals surface area contributed by atoms with Crippen LogP contribution in [0.4, 0.5) is 11.4 Å². The smallest absolute Gasteiger partial charge is 0.338 e. The Morgan fingerprint density at radius 1 is 1.31 bits per heavy atom. The van der Waals surface area contributed by atoms with Crippen molar-refractivity contribution < 1.29 is 14.3 Å². The van der Waals surface area contributed by atoms with Gasteiger partial charge in [-0.25, -0.2) is 4.79 Å². The summed E-state index contributed by atoms with van der Waals surface area (Å²) in [6, 6.07) is 14.1. The second-order valence-corrected chi connectivity index (χ2v) is 6.46. The number of anilines is 2. The molecule has 6 nitrogen and oxygen atoms in total. The van der Waals surface area contributed by atoms with Crippen molar-refractivity contribution in [3.63, 3.8) is 0 Å². The zero-order valence-electron chi connectivity index (χ0n) is 14.1. The molecule has 0 bridgehead atoms. The molecule has 0 spiro atoms.